The van der Waals surface area contributed by atoms with E-state index in [9.17, 15) is 9.59 Å². The maximum Gasteiger partial charge on any atom is 0.248 e. The number of nitrogens with zero attached hydrogens (tertiary/aromatic N) is 2. The van der Waals surface area contributed by atoms with Gasteiger partial charge in [0.2, 0.25) is 11.8 Å². The molecule has 0 spiro atoms. The Balaban J connectivity index is 1.35. The second kappa shape index (κ2) is 10.6. The fourth-order valence-electron chi connectivity index (χ4n) is 3.19. The lowest BCUT2D eigenvalue weighted by Gasteiger charge is -2.34. The lowest BCUT2D eigenvalue weighted by atomic mass is 10.2. The summed E-state index contributed by atoms with van der Waals surface area (Å²) < 4.78 is 10.8. The van der Waals surface area contributed by atoms with E-state index in [1.807, 2.05) is 54.6 Å². The molecule has 1 saturated heterocycles. The second-order valence-electron chi connectivity index (χ2n) is 6.92. The van der Waals surface area contributed by atoms with Crippen LogP contribution < -0.4 is 10.1 Å². The quantitative estimate of drug-likeness (QED) is 0.738. The van der Waals surface area contributed by atoms with E-state index in [2.05, 4.69) is 10.2 Å². The number of rotatable bonds is 8. The van der Waals surface area contributed by atoms with Crippen molar-refractivity contribution in [2.24, 2.45) is 0 Å². The van der Waals surface area contributed by atoms with E-state index < -0.39 is 0 Å². The number of carbonyl (C=O) groups excluding carboxylic acids is 2. The SMILES string of the molecule is COc1cccc(COCC(=O)N2CCN(CC(=O)Nc3ccccc3)CC2)c1. The summed E-state index contributed by atoms with van der Waals surface area (Å²) in [6.07, 6.45) is 0. The molecule has 2 aromatic rings. The second-order valence-corrected chi connectivity index (χ2v) is 6.92. The van der Waals surface area contributed by atoms with Gasteiger partial charge >= 0.3 is 0 Å². The number of hydrogen-bond acceptors (Lipinski definition) is 5. The number of nitrogens with one attached hydrogen (secondary N) is 1. The van der Waals surface area contributed by atoms with E-state index in [1.165, 1.54) is 0 Å². The summed E-state index contributed by atoms with van der Waals surface area (Å²) in [5.74, 6) is 0.698. The minimum atomic E-state index is -0.0439. The molecule has 1 aliphatic rings. The molecule has 0 aliphatic carbocycles. The van der Waals surface area contributed by atoms with E-state index in [1.54, 1.807) is 12.0 Å². The van der Waals surface area contributed by atoms with Crippen LogP contribution in [0.15, 0.2) is 54.6 Å². The summed E-state index contributed by atoms with van der Waals surface area (Å²) in [6.45, 7) is 3.27. The molecule has 0 saturated carbocycles. The number of methoxy groups -OCH3 is 1. The molecule has 0 atom stereocenters. The van der Waals surface area contributed by atoms with Crippen LogP contribution in [0.4, 0.5) is 5.69 Å². The van der Waals surface area contributed by atoms with Gasteiger partial charge in [-0.3, -0.25) is 14.5 Å². The van der Waals surface area contributed by atoms with Crippen molar-refractivity contribution >= 4 is 17.5 Å². The molecule has 0 radical (unpaired) electrons. The first-order valence-corrected chi connectivity index (χ1v) is 9.70. The smallest absolute Gasteiger partial charge is 0.248 e. The number of carbonyl (C=O) groups is 2. The predicted octanol–water partition coefficient (Wildman–Crippen LogP) is 1.99. The molecule has 2 amide bonds. The lowest BCUT2D eigenvalue weighted by molar-refractivity contribution is -0.138. The van der Waals surface area contributed by atoms with Crippen LogP contribution in [0.3, 0.4) is 0 Å². The van der Waals surface area contributed by atoms with E-state index in [0.717, 1.165) is 17.0 Å². The molecule has 7 heteroatoms. The highest BCUT2D eigenvalue weighted by Crippen LogP contribution is 2.13. The summed E-state index contributed by atoms with van der Waals surface area (Å²) in [6, 6.07) is 17.0. The molecule has 1 heterocycles. The van der Waals surface area contributed by atoms with Gasteiger partial charge < -0.3 is 19.7 Å². The molecule has 2 aromatic carbocycles. The number of anilines is 1. The molecule has 1 aliphatic heterocycles. The zero-order valence-electron chi connectivity index (χ0n) is 16.7. The zero-order valence-corrected chi connectivity index (χ0v) is 16.7. The van der Waals surface area contributed by atoms with Crippen LogP contribution in [0.2, 0.25) is 0 Å². The highest BCUT2D eigenvalue weighted by atomic mass is 16.5. The monoisotopic (exact) mass is 397 g/mol. The van der Waals surface area contributed by atoms with Crippen molar-refractivity contribution in [3.05, 3.63) is 60.2 Å². The highest BCUT2D eigenvalue weighted by molar-refractivity contribution is 5.92. The third-order valence-corrected chi connectivity index (χ3v) is 4.78. The van der Waals surface area contributed by atoms with Crippen molar-refractivity contribution in [1.82, 2.24) is 9.80 Å². The fourth-order valence-corrected chi connectivity index (χ4v) is 3.19. The average molecular weight is 397 g/mol. The first-order valence-electron chi connectivity index (χ1n) is 9.70. The van der Waals surface area contributed by atoms with Crippen LogP contribution in [0.25, 0.3) is 0 Å². The van der Waals surface area contributed by atoms with Gasteiger partial charge in [0.15, 0.2) is 0 Å². The Morgan fingerprint density at radius 1 is 1.00 bits per heavy atom. The van der Waals surface area contributed by atoms with Gasteiger partial charge in [0, 0.05) is 31.9 Å². The number of piperazine rings is 1. The van der Waals surface area contributed by atoms with Crippen LogP contribution in [-0.2, 0) is 20.9 Å². The molecule has 3 rings (SSSR count). The van der Waals surface area contributed by atoms with Crippen molar-refractivity contribution in [2.45, 2.75) is 6.61 Å². The Labute approximate surface area is 171 Å². The molecular formula is C22H27N3O4. The van der Waals surface area contributed by atoms with Crippen LogP contribution in [-0.4, -0.2) is 68.1 Å². The van der Waals surface area contributed by atoms with Gasteiger partial charge in [-0.1, -0.05) is 30.3 Å². The third kappa shape index (κ3) is 6.58. The topological polar surface area (TPSA) is 71.1 Å². The Bertz CT molecular complexity index is 805. The van der Waals surface area contributed by atoms with Gasteiger partial charge in [-0.15, -0.1) is 0 Å². The van der Waals surface area contributed by atoms with Crippen molar-refractivity contribution in [2.75, 3.05) is 51.8 Å². The Hall–Kier alpha value is -2.90. The molecule has 1 N–H and O–H groups in total. The number of hydrogen-bond donors (Lipinski definition) is 1. The van der Waals surface area contributed by atoms with Gasteiger partial charge in [0.05, 0.1) is 20.3 Å². The molecular weight excluding hydrogens is 370 g/mol. The van der Waals surface area contributed by atoms with Crippen molar-refractivity contribution in [3.8, 4) is 5.75 Å². The maximum absolute atomic E-state index is 12.4. The predicted molar refractivity (Wildman–Crippen MR) is 111 cm³/mol. The fraction of sp³-hybridized carbons (Fsp3) is 0.364. The Morgan fingerprint density at radius 2 is 1.76 bits per heavy atom. The normalized spacial score (nSPS) is 14.4. The van der Waals surface area contributed by atoms with Gasteiger partial charge in [0.25, 0.3) is 0 Å². The first kappa shape index (κ1) is 20.8. The Kier molecular flexibility index (Phi) is 7.61. The van der Waals surface area contributed by atoms with Gasteiger partial charge in [0.1, 0.15) is 12.4 Å². The summed E-state index contributed by atoms with van der Waals surface area (Å²) >= 11 is 0. The first-order chi connectivity index (χ1) is 14.1. The average Bonchev–Trinajstić information content (AvgIpc) is 2.75. The standard InChI is InChI=1S/C22H27N3O4/c1-28-20-9-5-6-18(14-20)16-29-17-22(27)25-12-10-24(11-13-25)15-21(26)23-19-7-3-2-4-8-19/h2-9,14H,10-13,15-17H2,1H3,(H,23,26). The van der Waals surface area contributed by atoms with Crippen LogP contribution in [0.5, 0.6) is 5.75 Å². The van der Waals surface area contributed by atoms with Crippen LogP contribution in [0.1, 0.15) is 5.56 Å². The van der Waals surface area contributed by atoms with Gasteiger partial charge in [-0.2, -0.15) is 0 Å². The van der Waals surface area contributed by atoms with E-state index >= 15 is 0 Å². The lowest BCUT2D eigenvalue weighted by Crippen LogP contribution is -2.51. The minimum absolute atomic E-state index is 0.0266. The Morgan fingerprint density at radius 3 is 2.48 bits per heavy atom. The highest BCUT2D eigenvalue weighted by Gasteiger charge is 2.22. The molecule has 0 aromatic heterocycles. The third-order valence-electron chi connectivity index (χ3n) is 4.78. The molecule has 154 valence electrons. The largest absolute Gasteiger partial charge is 0.497 e. The van der Waals surface area contributed by atoms with Gasteiger partial charge in [-0.05, 0) is 29.8 Å². The number of amides is 2. The summed E-state index contributed by atoms with van der Waals surface area (Å²) in [5, 5.41) is 2.88. The van der Waals surface area contributed by atoms with Crippen LogP contribution in [0, 0.1) is 0 Å². The summed E-state index contributed by atoms with van der Waals surface area (Å²) in [7, 11) is 1.62. The van der Waals surface area contributed by atoms with Crippen molar-refractivity contribution in [3.63, 3.8) is 0 Å². The molecule has 29 heavy (non-hydrogen) atoms. The number of benzene rings is 2. The van der Waals surface area contributed by atoms with Crippen molar-refractivity contribution in [1.29, 1.82) is 0 Å². The molecule has 1 fully saturated rings. The summed E-state index contributed by atoms with van der Waals surface area (Å²) in [4.78, 5) is 28.4. The molecule has 0 bridgehead atoms. The van der Waals surface area contributed by atoms with E-state index in [4.69, 9.17) is 9.47 Å². The molecule has 0 unspecified atom stereocenters. The number of ether oxygens (including phenoxy) is 2. The van der Waals surface area contributed by atoms with Gasteiger partial charge in [-0.25, -0.2) is 0 Å². The maximum atomic E-state index is 12.4. The van der Waals surface area contributed by atoms with E-state index in [0.29, 0.717) is 39.3 Å². The summed E-state index contributed by atoms with van der Waals surface area (Å²) in [5.41, 5.74) is 1.76. The minimum Gasteiger partial charge on any atom is -0.497 e. The van der Waals surface area contributed by atoms with Crippen molar-refractivity contribution < 1.29 is 19.1 Å². The zero-order chi connectivity index (χ0) is 20.5. The van der Waals surface area contributed by atoms with E-state index in [-0.39, 0.29) is 18.4 Å². The molecule has 7 nitrogen and oxygen atoms in total. The van der Waals surface area contributed by atoms with Crippen LogP contribution >= 0.6 is 0 Å². The number of para-hydroxylation sites is 1.